The minimum atomic E-state index is -4.87. The first-order valence-electron chi connectivity index (χ1n) is 8.76. The van der Waals surface area contributed by atoms with E-state index in [1.165, 1.54) is 37.3 Å². The maximum absolute atomic E-state index is 13.6. The maximum Gasteiger partial charge on any atom is 0.420 e. The van der Waals surface area contributed by atoms with Crippen molar-refractivity contribution < 1.29 is 36.6 Å². The van der Waals surface area contributed by atoms with Crippen LogP contribution in [-0.2, 0) is 15.8 Å². The van der Waals surface area contributed by atoms with Crippen LogP contribution in [0.4, 0.5) is 23.2 Å². The fourth-order valence-corrected chi connectivity index (χ4v) is 2.98. The molecule has 1 aliphatic rings. The second-order valence-corrected chi connectivity index (χ2v) is 6.50. The van der Waals surface area contributed by atoms with Crippen LogP contribution in [0, 0.1) is 5.95 Å². The molecule has 0 saturated carbocycles. The summed E-state index contributed by atoms with van der Waals surface area (Å²) in [6.07, 6.45) is -4.24. The molecule has 160 valence electrons. The Morgan fingerprint density at radius 2 is 2.00 bits per heavy atom. The maximum atomic E-state index is 13.6. The van der Waals surface area contributed by atoms with Gasteiger partial charge in [0.15, 0.2) is 0 Å². The minimum absolute atomic E-state index is 0.0774. The van der Waals surface area contributed by atoms with E-state index < -0.39 is 35.5 Å². The average molecular weight is 427 g/mol. The molecule has 7 nitrogen and oxygen atoms in total. The summed E-state index contributed by atoms with van der Waals surface area (Å²) in [5, 5.41) is 2.64. The number of amides is 2. The van der Waals surface area contributed by atoms with Gasteiger partial charge in [-0.15, -0.1) is 0 Å². The number of rotatable bonds is 5. The van der Waals surface area contributed by atoms with Crippen molar-refractivity contribution in [2.45, 2.75) is 25.1 Å². The van der Waals surface area contributed by atoms with Gasteiger partial charge >= 0.3 is 6.18 Å². The highest BCUT2D eigenvalue weighted by molar-refractivity contribution is 5.99. The summed E-state index contributed by atoms with van der Waals surface area (Å²) in [5.41, 5.74) is -1.30. The second-order valence-electron chi connectivity index (χ2n) is 6.50. The van der Waals surface area contributed by atoms with Gasteiger partial charge in [-0.3, -0.25) is 9.59 Å². The summed E-state index contributed by atoms with van der Waals surface area (Å²) in [6.45, 7) is 0. The Balaban J connectivity index is 1.80. The van der Waals surface area contributed by atoms with Crippen molar-refractivity contribution >= 4 is 17.5 Å². The van der Waals surface area contributed by atoms with Gasteiger partial charge in [-0.2, -0.15) is 22.5 Å². The number of anilines is 1. The molecule has 1 aliphatic heterocycles. The molecule has 1 fully saturated rings. The number of nitrogens with zero attached hydrogens (tertiary/aromatic N) is 2. The third kappa shape index (κ3) is 4.44. The number of hydrogen-bond donors (Lipinski definition) is 1. The molecule has 2 aromatic rings. The third-order valence-electron chi connectivity index (χ3n) is 4.58. The van der Waals surface area contributed by atoms with Gasteiger partial charge < -0.3 is 19.7 Å². The van der Waals surface area contributed by atoms with Gasteiger partial charge in [-0.25, -0.2) is 0 Å². The van der Waals surface area contributed by atoms with Gasteiger partial charge in [0.25, 0.3) is 0 Å². The summed E-state index contributed by atoms with van der Waals surface area (Å²) in [4.78, 5) is 28.7. The smallest absolute Gasteiger partial charge is 0.420 e. The van der Waals surface area contributed by atoms with Crippen LogP contribution in [0.15, 0.2) is 30.3 Å². The lowest BCUT2D eigenvalue weighted by molar-refractivity contribution is -0.140. The molecule has 0 bridgehead atoms. The van der Waals surface area contributed by atoms with Crippen molar-refractivity contribution in [3.8, 4) is 17.4 Å². The van der Waals surface area contributed by atoms with Crippen LogP contribution in [0.5, 0.6) is 17.4 Å². The molecule has 1 atom stereocenters. The lowest BCUT2D eigenvalue weighted by Gasteiger charge is -2.20. The Morgan fingerprint density at radius 3 is 2.57 bits per heavy atom. The van der Waals surface area contributed by atoms with Crippen molar-refractivity contribution in [2.75, 3.05) is 19.5 Å². The summed E-state index contributed by atoms with van der Waals surface area (Å²) in [7, 11) is 2.91. The second kappa shape index (κ2) is 8.17. The van der Waals surface area contributed by atoms with E-state index in [9.17, 15) is 27.2 Å². The highest BCUT2D eigenvalue weighted by Crippen LogP contribution is 2.34. The first-order valence-corrected chi connectivity index (χ1v) is 8.76. The monoisotopic (exact) mass is 427 g/mol. The molecule has 2 amide bonds. The number of pyridine rings is 1. The van der Waals surface area contributed by atoms with Gasteiger partial charge in [-0.05, 0) is 24.6 Å². The van der Waals surface area contributed by atoms with E-state index in [1.54, 1.807) is 0 Å². The normalized spacial score (nSPS) is 16.5. The van der Waals surface area contributed by atoms with Crippen LogP contribution >= 0.6 is 0 Å². The van der Waals surface area contributed by atoms with Gasteiger partial charge in [0, 0.05) is 25.6 Å². The first-order chi connectivity index (χ1) is 14.1. The van der Waals surface area contributed by atoms with Crippen LogP contribution in [0.25, 0.3) is 0 Å². The van der Waals surface area contributed by atoms with Crippen LogP contribution in [0.3, 0.4) is 0 Å². The molecule has 11 heteroatoms. The summed E-state index contributed by atoms with van der Waals surface area (Å²) in [6, 6.07) is 4.98. The highest BCUT2D eigenvalue weighted by atomic mass is 19.4. The minimum Gasteiger partial charge on any atom is -0.495 e. The fraction of sp³-hybridized carbons (Fsp3) is 0.316. The van der Waals surface area contributed by atoms with Crippen molar-refractivity contribution in [2.24, 2.45) is 0 Å². The molecule has 0 aliphatic carbocycles. The third-order valence-corrected chi connectivity index (χ3v) is 4.58. The predicted molar refractivity (Wildman–Crippen MR) is 96.7 cm³/mol. The highest BCUT2D eigenvalue weighted by Gasteiger charge is 2.35. The van der Waals surface area contributed by atoms with Gasteiger partial charge in [0.2, 0.25) is 23.6 Å². The molecule has 1 saturated heterocycles. The quantitative estimate of drug-likeness (QED) is 0.583. The summed E-state index contributed by atoms with van der Waals surface area (Å²) >= 11 is 0. The fourth-order valence-electron chi connectivity index (χ4n) is 2.98. The van der Waals surface area contributed by atoms with E-state index in [1.807, 2.05) is 0 Å². The zero-order valence-electron chi connectivity index (χ0n) is 15.9. The topological polar surface area (TPSA) is 80.8 Å². The number of halogens is 4. The number of ether oxygens (including phenoxy) is 2. The van der Waals surface area contributed by atoms with Crippen LogP contribution < -0.4 is 14.8 Å². The van der Waals surface area contributed by atoms with Crippen LogP contribution in [0.1, 0.15) is 18.4 Å². The first kappa shape index (κ1) is 21.3. The summed E-state index contributed by atoms with van der Waals surface area (Å²) in [5.74, 6) is -2.32. The number of hydrogen-bond acceptors (Lipinski definition) is 5. The molecule has 30 heavy (non-hydrogen) atoms. The Morgan fingerprint density at radius 1 is 1.27 bits per heavy atom. The van der Waals surface area contributed by atoms with E-state index >= 15 is 0 Å². The zero-order valence-corrected chi connectivity index (χ0v) is 15.9. The Kier molecular flexibility index (Phi) is 5.81. The van der Waals surface area contributed by atoms with E-state index in [2.05, 4.69) is 10.3 Å². The molecular formula is C19H17F4N3O4. The number of carbonyl (C=O) groups excluding carboxylic acids is 2. The molecule has 0 spiro atoms. The van der Waals surface area contributed by atoms with Gasteiger partial charge in [0.05, 0.1) is 12.8 Å². The lowest BCUT2D eigenvalue weighted by Crippen LogP contribution is -2.38. The van der Waals surface area contributed by atoms with Crippen LogP contribution in [0.2, 0.25) is 0 Å². The van der Waals surface area contributed by atoms with Gasteiger partial charge in [-0.1, -0.05) is 0 Å². The molecule has 3 rings (SSSR count). The Bertz CT molecular complexity index is 981. The SMILES string of the molecule is COc1ccc(Oc2ccc(C(F)(F)F)c(F)n2)cc1NC(=O)[C@@H]1CCC(=O)N1C. The lowest BCUT2D eigenvalue weighted by atomic mass is 10.2. The van der Waals surface area contributed by atoms with E-state index in [0.29, 0.717) is 12.5 Å². The molecule has 1 N–H and O–H groups in total. The Hall–Kier alpha value is -3.37. The van der Waals surface area contributed by atoms with Crippen molar-refractivity contribution in [1.29, 1.82) is 0 Å². The zero-order chi connectivity index (χ0) is 22.1. The van der Waals surface area contributed by atoms with Crippen molar-refractivity contribution in [3.63, 3.8) is 0 Å². The van der Waals surface area contributed by atoms with Crippen molar-refractivity contribution in [1.82, 2.24) is 9.88 Å². The average Bonchev–Trinajstić information content (AvgIpc) is 3.00. The summed E-state index contributed by atoms with van der Waals surface area (Å²) < 4.78 is 62.1. The standard InChI is InChI=1S/C19H17F4N3O4/c1-26-13(5-8-16(26)27)18(28)24-12-9-10(3-6-14(12)29-2)30-15-7-4-11(17(20)25-15)19(21,22)23/h3-4,6-7,9,13H,5,8H2,1-2H3,(H,24,28)/t13-/m0/s1. The Labute approximate surface area is 168 Å². The predicted octanol–water partition coefficient (Wildman–Crippen LogP) is 3.60. The van der Waals surface area contributed by atoms with E-state index in [0.717, 1.165) is 6.07 Å². The van der Waals surface area contributed by atoms with E-state index in [-0.39, 0.29) is 29.5 Å². The van der Waals surface area contributed by atoms with E-state index in [4.69, 9.17) is 9.47 Å². The van der Waals surface area contributed by atoms with Gasteiger partial charge in [0.1, 0.15) is 23.1 Å². The van der Waals surface area contributed by atoms with Crippen LogP contribution in [-0.4, -0.2) is 41.9 Å². The molecular weight excluding hydrogens is 410 g/mol. The number of alkyl halides is 3. The number of benzene rings is 1. The molecule has 1 aromatic carbocycles. The number of methoxy groups -OCH3 is 1. The molecule has 1 aromatic heterocycles. The molecule has 2 heterocycles. The van der Waals surface area contributed by atoms with Crippen molar-refractivity contribution in [3.05, 3.63) is 41.8 Å². The number of aromatic nitrogens is 1. The molecule has 0 unspecified atom stereocenters. The number of carbonyl (C=O) groups is 2. The number of likely N-dealkylation sites (N-methyl/N-ethyl adjacent to an activating group) is 1. The molecule has 0 radical (unpaired) electrons. The largest absolute Gasteiger partial charge is 0.495 e. The number of likely N-dealkylation sites (tertiary alicyclic amines) is 1. The number of nitrogens with one attached hydrogen (secondary N) is 1.